The van der Waals surface area contributed by atoms with Gasteiger partial charge in [-0.3, -0.25) is 4.79 Å². The molecule has 0 heterocycles. The fourth-order valence-electron chi connectivity index (χ4n) is 1.53. The molecule has 1 amide bonds. The summed E-state index contributed by atoms with van der Waals surface area (Å²) in [7, 11) is -3.38. The highest BCUT2D eigenvalue weighted by Crippen LogP contribution is 2.25. The second-order valence-corrected chi connectivity index (χ2v) is 7.66. The van der Waals surface area contributed by atoms with Crippen molar-refractivity contribution in [3.63, 3.8) is 0 Å². The number of rotatable bonds is 3. The summed E-state index contributed by atoms with van der Waals surface area (Å²) in [6, 6.07) is 3.74. The van der Waals surface area contributed by atoms with Crippen LogP contribution in [0.3, 0.4) is 0 Å². The van der Waals surface area contributed by atoms with Gasteiger partial charge >= 0.3 is 0 Å². The molecule has 0 radical (unpaired) electrons. The number of carbonyl (C=O) groups is 1. The maximum Gasteiger partial charge on any atom is 0.242 e. The van der Waals surface area contributed by atoms with E-state index in [2.05, 4.69) is 21.2 Å². The van der Waals surface area contributed by atoms with Crippen molar-refractivity contribution in [2.24, 2.45) is 0 Å². The second-order valence-electron chi connectivity index (χ2n) is 4.38. The van der Waals surface area contributed by atoms with Crippen LogP contribution in [0, 0.1) is 13.8 Å². The summed E-state index contributed by atoms with van der Waals surface area (Å²) >= 11 is 3.37. The largest absolute Gasteiger partial charge is 0.324 e. The van der Waals surface area contributed by atoms with Gasteiger partial charge in [0.2, 0.25) is 5.91 Å². The van der Waals surface area contributed by atoms with E-state index in [0.29, 0.717) is 5.69 Å². The van der Waals surface area contributed by atoms with Crippen LogP contribution in [0.4, 0.5) is 5.69 Å². The first-order chi connectivity index (χ1) is 8.12. The first kappa shape index (κ1) is 15.2. The number of hydrogen-bond acceptors (Lipinski definition) is 3. The lowest BCUT2D eigenvalue weighted by Gasteiger charge is -2.15. The number of hydrogen-bond donors (Lipinski definition) is 1. The average Bonchev–Trinajstić information content (AvgIpc) is 2.20. The van der Waals surface area contributed by atoms with Crippen molar-refractivity contribution in [2.45, 2.75) is 26.0 Å². The van der Waals surface area contributed by atoms with Crippen LogP contribution < -0.4 is 5.32 Å². The van der Waals surface area contributed by atoms with Crippen LogP contribution in [0.25, 0.3) is 0 Å². The van der Waals surface area contributed by atoms with Crippen LogP contribution >= 0.6 is 15.9 Å². The number of sulfone groups is 1. The molecule has 0 aliphatic carbocycles. The Morgan fingerprint density at radius 3 is 2.11 bits per heavy atom. The molecule has 6 heteroatoms. The quantitative estimate of drug-likeness (QED) is 0.923. The Morgan fingerprint density at radius 1 is 1.28 bits per heavy atom. The Hall–Kier alpha value is -0.880. The first-order valence-electron chi connectivity index (χ1n) is 5.39. The summed E-state index contributed by atoms with van der Waals surface area (Å²) < 4.78 is 23.6. The van der Waals surface area contributed by atoms with Crippen LogP contribution in [0.1, 0.15) is 18.1 Å². The molecule has 1 aromatic rings. The molecule has 1 atom stereocenters. The molecular formula is C12H16BrNO3S. The second kappa shape index (κ2) is 5.40. The zero-order valence-corrected chi connectivity index (χ0v) is 13.1. The Morgan fingerprint density at radius 2 is 1.72 bits per heavy atom. The molecule has 1 aromatic carbocycles. The van der Waals surface area contributed by atoms with Crippen molar-refractivity contribution < 1.29 is 13.2 Å². The van der Waals surface area contributed by atoms with E-state index in [1.165, 1.54) is 6.92 Å². The maximum absolute atomic E-state index is 11.8. The minimum Gasteiger partial charge on any atom is -0.324 e. The van der Waals surface area contributed by atoms with Crippen molar-refractivity contribution in [1.82, 2.24) is 0 Å². The van der Waals surface area contributed by atoms with Gasteiger partial charge in [-0.05, 0) is 44.0 Å². The third kappa shape index (κ3) is 3.55. The highest BCUT2D eigenvalue weighted by molar-refractivity contribution is 9.10. The summed E-state index contributed by atoms with van der Waals surface area (Å²) in [6.07, 6.45) is 1.05. The van der Waals surface area contributed by atoms with Crippen LogP contribution in [0.2, 0.25) is 0 Å². The SMILES string of the molecule is Cc1cc(Br)cc(C)c1NC(=O)C(C)S(C)(=O)=O. The van der Waals surface area contributed by atoms with Crippen LogP contribution in [0.15, 0.2) is 16.6 Å². The van der Waals surface area contributed by atoms with E-state index in [-0.39, 0.29) is 0 Å². The van der Waals surface area contributed by atoms with Crippen LogP contribution in [-0.4, -0.2) is 25.8 Å². The molecule has 0 saturated carbocycles. The highest BCUT2D eigenvalue weighted by Gasteiger charge is 2.24. The van der Waals surface area contributed by atoms with Crippen molar-refractivity contribution in [2.75, 3.05) is 11.6 Å². The third-order valence-electron chi connectivity index (χ3n) is 2.76. The molecule has 0 bridgehead atoms. The summed E-state index contributed by atoms with van der Waals surface area (Å²) in [5.41, 5.74) is 2.44. The Kier molecular flexibility index (Phi) is 4.55. The minimum atomic E-state index is -3.38. The Bertz CT molecular complexity index is 558. The summed E-state index contributed by atoms with van der Waals surface area (Å²) in [5.74, 6) is -0.508. The third-order valence-corrected chi connectivity index (χ3v) is 4.71. The fourth-order valence-corrected chi connectivity index (χ4v) is 2.66. The number of benzene rings is 1. The van der Waals surface area contributed by atoms with Gasteiger partial charge in [0.05, 0.1) is 0 Å². The smallest absolute Gasteiger partial charge is 0.242 e. The maximum atomic E-state index is 11.8. The molecular weight excluding hydrogens is 318 g/mol. The molecule has 1 N–H and O–H groups in total. The molecule has 0 saturated heterocycles. The van der Waals surface area contributed by atoms with Gasteiger partial charge in [-0.1, -0.05) is 15.9 Å². The molecule has 0 aliphatic rings. The molecule has 18 heavy (non-hydrogen) atoms. The standard InChI is InChI=1S/C12H16BrNO3S/c1-7-5-10(13)6-8(2)11(7)14-12(15)9(3)18(4,16)17/h5-6,9H,1-4H3,(H,14,15). The van der Waals surface area contributed by atoms with Crippen LogP contribution in [0.5, 0.6) is 0 Å². The average molecular weight is 334 g/mol. The van der Waals surface area contributed by atoms with Crippen molar-refractivity contribution in [3.05, 3.63) is 27.7 Å². The van der Waals surface area contributed by atoms with Gasteiger partial charge in [-0.15, -0.1) is 0 Å². The molecule has 100 valence electrons. The van der Waals surface area contributed by atoms with E-state index in [4.69, 9.17) is 0 Å². The zero-order chi connectivity index (χ0) is 14.1. The van der Waals surface area contributed by atoms with Gasteiger partial charge in [-0.25, -0.2) is 8.42 Å². The molecule has 0 aromatic heterocycles. The van der Waals surface area contributed by atoms with Gasteiger partial charge in [0, 0.05) is 16.4 Å². The number of amides is 1. The number of nitrogens with one attached hydrogen (secondary N) is 1. The topological polar surface area (TPSA) is 63.2 Å². The number of carbonyl (C=O) groups excluding carboxylic acids is 1. The molecule has 0 spiro atoms. The van der Waals surface area contributed by atoms with Gasteiger partial charge in [0.1, 0.15) is 5.25 Å². The number of anilines is 1. The van der Waals surface area contributed by atoms with E-state index in [1.54, 1.807) is 0 Å². The Balaban J connectivity index is 3.03. The molecule has 1 rings (SSSR count). The van der Waals surface area contributed by atoms with Gasteiger partial charge in [-0.2, -0.15) is 0 Å². The molecule has 1 unspecified atom stereocenters. The first-order valence-corrected chi connectivity index (χ1v) is 8.14. The van der Waals surface area contributed by atoms with Crippen molar-refractivity contribution >= 4 is 37.4 Å². The molecule has 0 aliphatic heterocycles. The monoisotopic (exact) mass is 333 g/mol. The number of halogens is 1. The molecule has 0 fully saturated rings. The normalized spacial score (nSPS) is 13.2. The number of aryl methyl sites for hydroxylation is 2. The van der Waals surface area contributed by atoms with E-state index in [1.807, 2.05) is 26.0 Å². The minimum absolute atomic E-state index is 0.508. The zero-order valence-electron chi connectivity index (χ0n) is 10.7. The van der Waals surface area contributed by atoms with E-state index in [0.717, 1.165) is 21.9 Å². The van der Waals surface area contributed by atoms with Crippen molar-refractivity contribution in [1.29, 1.82) is 0 Å². The summed E-state index contributed by atoms with van der Waals surface area (Å²) in [4.78, 5) is 11.8. The van der Waals surface area contributed by atoms with Gasteiger partial charge < -0.3 is 5.32 Å². The van der Waals surface area contributed by atoms with E-state index < -0.39 is 21.0 Å². The van der Waals surface area contributed by atoms with Gasteiger partial charge in [0.15, 0.2) is 9.84 Å². The van der Waals surface area contributed by atoms with E-state index in [9.17, 15) is 13.2 Å². The predicted octanol–water partition coefficient (Wildman–Crippen LogP) is 2.44. The van der Waals surface area contributed by atoms with Crippen LogP contribution in [-0.2, 0) is 14.6 Å². The lowest BCUT2D eigenvalue weighted by atomic mass is 10.1. The Labute approximate surface area is 116 Å². The highest BCUT2D eigenvalue weighted by atomic mass is 79.9. The fraction of sp³-hybridized carbons (Fsp3) is 0.417. The van der Waals surface area contributed by atoms with Crippen molar-refractivity contribution in [3.8, 4) is 0 Å². The molecule has 4 nitrogen and oxygen atoms in total. The summed E-state index contributed by atoms with van der Waals surface area (Å²) in [6.45, 7) is 5.10. The summed E-state index contributed by atoms with van der Waals surface area (Å²) in [5, 5.41) is 1.62. The van der Waals surface area contributed by atoms with Gasteiger partial charge in [0.25, 0.3) is 0 Å². The lowest BCUT2D eigenvalue weighted by Crippen LogP contribution is -2.32. The van der Waals surface area contributed by atoms with E-state index >= 15 is 0 Å². The lowest BCUT2D eigenvalue weighted by molar-refractivity contribution is -0.115. The predicted molar refractivity (Wildman–Crippen MR) is 76.6 cm³/mol.